The van der Waals surface area contributed by atoms with Gasteiger partial charge in [0.15, 0.2) is 4.34 Å². The van der Waals surface area contributed by atoms with E-state index in [0.29, 0.717) is 5.69 Å². The molecule has 2 aromatic rings. The predicted octanol–water partition coefficient (Wildman–Crippen LogP) is 2.72. The number of nitrogen functional groups attached to an aromatic ring is 1. The minimum atomic E-state index is -0.335. The van der Waals surface area contributed by atoms with Crippen LogP contribution in [0.1, 0.15) is 5.01 Å². The molecule has 0 spiro atoms. The Balaban J connectivity index is 2.24. The summed E-state index contributed by atoms with van der Waals surface area (Å²) >= 11 is 2.83. The van der Waals surface area contributed by atoms with Gasteiger partial charge in [-0.3, -0.25) is 0 Å². The average molecular weight is 241 g/mol. The van der Waals surface area contributed by atoms with Crippen molar-refractivity contribution in [3.05, 3.63) is 29.0 Å². The summed E-state index contributed by atoms with van der Waals surface area (Å²) in [6, 6.07) is 4.43. The van der Waals surface area contributed by atoms with Crippen LogP contribution in [0.25, 0.3) is 0 Å². The highest BCUT2D eigenvalue weighted by Gasteiger charge is 2.05. The first kappa shape index (κ1) is 10.4. The Bertz CT molecular complexity index is 464. The maximum atomic E-state index is 13.0. The average Bonchev–Trinajstić information content (AvgIpc) is 2.49. The maximum Gasteiger partial charge on any atom is 0.179 e. The number of aromatic nitrogens is 2. The van der Waals surface area contributed by atoms with Crippen molar-refractivity contribution in [2.75, 3.05) is 5.73 Å². The summed E-state index contributed by atoms with van der Waals surface area (Å²) in [6.45, 7) is 1.88. The van der Waals surface area contributed by atoms with Crippen LogP contribution in [-0.2, 0) is 0 Å². The van der Waals surface area contributed by atoms with Crippen molar-refractivity contribution in [1.29, 1.82) is 0 Å². The van der Waals surface area contributed by atoms with Crippen molar-refractivity contribution >= 4 is 28.8 Å². The molecule has 3 nitrogen and oxygen atoms in total. The van der Waals surface area contributed by atoms with Gasteiger partial charge in [-0.15, -0.1) is 10.2 Å². The summed E-state index contributed by atoms with van der Waals surface area (Å²) < 4.78 is 13.8. The summed E-state index contributed by atoms with van der Waals surface area (Å²) in [5, 5.41) is 8.71. The minimum absolute atomic E-state index is 0.335. The molecule has 0 aliphatic carbocycles. The molecule has 6 heteroatoms. The summed E-state index contributed by atoms with van der Waals surface area (Å²) in [7, 11) is 0. The zero-order valence-electron chi connectivity index (χ0n) is 7.90. The van der Waals surface area contributed by atoms with Crippen molar-refractivity contribution in [3.63, 3.8) is 0 Å². The first-order valence-electron chi connectivity index (χ1n) is 4.17. The largest absolute Gasteiger partial charge is 0.399 e. The molecule has 2 rings (SSSR count). The number of benzene rings is 1. The Kier molecular flexibility index (Phi) is 2.88. The molecule has 1 aromatic heterocycles. The minimum Gasteiger partial charge on any atom is -0.399 e. The third kappa shape index (κ3) is 2.66. The summed E-state index contributed by atoms with van der Waals surface area (Å²) in [5.41, 5.74) is 5.95. The van der Waals surface area contributed by atoms with Crippen LogP contribution in [0, 0.1) is 12.7 Å². The molecule has 78 valence electrons. The molecule has 0 atom stereocenters. The molecule has 0 aliphatic rings. The zero-order valence-corrected chi connectivity index (χ0v) is 9.53. The van der Waals surface area contributed by atoms with E-state index in [1.807, 2.05) is 6.92 Å². The number of nitrogens with two attached hydrogens (primary N) is 1. The van der Waals surface area contributed by atoms with Gasteiger partial charge in [0, 0.05) is 10.6 Å². The van der Waals surface area contributed by atoms with Gasteiger partial charge in [-0.1, -0.05) is 23.1 Å². The van der Waals surface area contributed by atoms with E-state index in [4.69, 9.17) is 5.73 Å². The molecule has 1 heterocycles. The number of hydrogen-bond donors (Lipinski definition) is 1. The lowest BCUT2D eigenvalue weighted by atomic mass is 10.3. The lowest BCUT2D eigenvalue weighted by molar-refractivity contribution is 0.625. The molecule has 0 amide bonds. The molecule has 0 bridgehead atoms. The van der Waals surface area contributed by atoms with Crippen molar-refractivity contribution in [2.24, 2.45) is 0 Å². The van der Waals surface area contributed by atoms with Crippen LogP contribution in [-0.4, -0.2) is 10.2 Å². The second kappa shape index (κ2) is 4.16. The fraction of sp³-hybridized carbons (Fsp3) is 0.111. The van der Waals surface area contributed by atoms with Crippen LogP contribution in [0.4, 0.5) is 10.1 Å². The van der Waals surface area contributed by atoms with E-state index in [-0.39, 0.29) is 5.82 Å². The third-order valence-electron chi connectivity index (χ3n) is 1.61. The van der Waals surface area contributed by atoms with E-state index >= 15 is 0 Å². The number of rotatable bonds is 2. The highest BCUT2D eigenvalue weighted by Crippen LogP contribution is 2.31. The van der Waals surface area contributed by atoms with E-state index in [9.17, 15) is 4.39 Å². The molecule has 2 N–H and O–H groups in total. The van der Waals surface area contributed by atoms with Gasteiger partial charge < -0.3 is 5.73 Å². The Labute approximate surface area is 94.5 Å². The normalized spacial score (nSPS) is 10.5. The van der Waals surface area contributed by atoms with Gasteiger partial charge in [0.05, 0.1) is 0 Å². The second-order valence-corrected chi connectivity index (χ2v) is 5.41. The van der Waals surface area contributed by atoms with E-state index in [1.54, 1.807) is 6.07 Å². The van der Waals surface area contributed by atoms with E-state index in [2.05, 4.69) is 10.2 Å². The van der Waals surface area contributed by atoms with Crippen LogP contribution >= 0.6 is 23.1 Å². The number of halogens is 1. The highest BCUT2D eigenvalue weighted by atomic mass is 32.2. The number of anilines is 1. The van der Waals surface area contributed by atoms with Crippen LogP contribution < -0.4 is 5.73 Å². The molecule has 0 unspecified atom stereocenters. The molecule has 15 heavy (non-hydrogen) atoms. The first-order valence-corrected chi connectivity index (χ1v) is 5.81. The van der Waals surface area contributed by atoms with Crippen LogP contribution in [0.2, 0.25) is 0 Å². The van der Waals surface area contributed by atoms with Crippen molar-refractivity contribution in [3.8, 4) is 0 Å². The van der Waals surface area contributed by atoms with Gasteiger partial charge in [-0.25, -0.2) is 4.39 Å². The standard InChI is InChI=1S/C9H8FN3S2/c1-5-12-13-9(14-5)15-8-3-6(10)2-7(11)4-8/h2-4H,11H2,1H3. The Morgan fingerprint density at radius 3 is 2.73 bits per heavy atom. The van der Waals surface area contributed by atoms with Crippen LogP contribution in [0.3, 0.4) is 0 Å². The van der Waals surface area contributed by atoms with Gasteiger partial charge in [-0.2, -0.15) is 0 Å². The molecule has 0 saturated heterocycles. The fourth-order valence-corrected chi connectivity index (χ4v) is 2.95. The number of hydrogen-bond acceptors (Lipinski definition) is 5. The van der Waals surface area contributed by atoms with E-state index in [1.165, 1.54) is 35.2 Å². The van der Waals surface area contributed by atoms with Crippen LogP contribution in [0.5, 0.6) is 0 Å². The third-order valence-corrected chi connectivity index (χ3v) is 3.47. The predicted molar refractivity (Wildman–Crippen MR) is 59.6 cm³/mol. The fourth-order valence-electron chi connectivity index (χ4n) is 1.06. The molecular formula is C9H8FN3S2. The molecule has 0 saturated carbocycles. The van der Waals surface area contributed by atoms with Crippen molar-refractivity contribution in [2.45, 2.75) is 16.2 Å². The van der Waals surface area contributed by atoms with Crippen molar-refractivity contribution < 1.29 is 4.39 Å². The topological polar surface area (TPSA) is 51.8 Å². The van der Waals surface area contributed by atoms with E-state index in [0.717, 1.165) is 14.2 Å². The zero-order chi connectivity index (χ0) is 10.8. The summed E-state index contributed by atoms with van der Waals surface area (Å²) in [6.07, 6.45) is 0. The van der Waals surface area contributed by atoms with E-state index < -0.39 is 0 Å². The monoisotopic (exact) mass is 241 g/mol. The van der Waals surface area contributed by atoms with Gasteiger partial charge in [-0.05, 0) is 25.1 Å². The maximum absolute atomic E-state index is 13.0. The lowest BCUT2D eigenvalue weighted by Crippen LogP contribution is -1.86. The second-order valence-electron chi connectivity index (χ2n) is 2.91. The Hall–Kier alpha value is -1.14. The Morgan fingerprint density at radius 1 is 1.33 bits per heavy atom. The Morgan fingerprint density at radius 2 is 2.13 bits per heavy atom. The summed E-state index contributed by atoms with van der Waals surface area (Å²) in [5.74, 6) is -0.335. The molecule has 0 radical (unpaired) electrons. The lowest BCUT2D eigenvalue weighted by Gasteiger charge is -1.99. The summed E-state index contributed by atoms with van der Waals surface area (Å²) in [4.78, 5) is 0.739. The molecule has 1 aromatic carbocycles. The highest BCUT2D eigenvalue weighted by molar-refractivity contribution is 8.01. The number of aryl methyl sites for hydroxylation is 1. The molecular weight excluding hydrogens is 233 g/mol. The first-order chi connectivity index (χ1) is 7.13. The molecule has 0 fully saturated rings. The quantitative estimate of drug-likeness (QED) is 0.821. The van der Waals surface area contributed by atoms with Gasteiger partial charge in [0.25, 0.3) is 0 Å². The SMILES string of the molecule is Cc1nnc(Sc2cc(N)cc(F)c2)s1. The van der Waals surface area contributed by atoms with Gasteiger partial charge in [0.2, 0.25) is 0 Å². The molecule has 0 aliphatic heterocycles. The van der Waals surface area contributed by atoms with Gasteiger partial charge >= 0.3 is 0 Å². The van der Waals surface area contributed by atoms with Crippen molar-refractivity contribution in [1.82, 2.24) is 10.2 Å². The smallest absolute Gasteiger partial charge is 0.179 e. The van der Waals surface area contributed by atoms with Gasteiger partial charge in [0.1, 0.15) is 10.8 Å². The number of nitrogens with zero attached hydrogens (tertiary/aromatic N) is 2. The van der Waals surface area contributed by atoms with Crippen LogP contribution in [0.15, 0.2) is 27.4 Å².